The van der Waals surface area contributed by atoms with Crippen LogP contribution in [0.1, 0.15) is 18.2 Å². The van der Waals surface area contributed by atoms with Gasteiger partial charge in [0.05, 0.1) is 7.11 Å². The zero-order chi connectivity index (χ0) is 19.8. The summed E-state index contributed by atoms with van der Waals surface area (Å²) < 4.78 is 5.36. The first-order valence-corrected chi connectivity index (χ1v) is 11.0. The van der Waals surface area contributed by atoms with Gasteiger partial charge < -0.3 is 19.9 Å². The molecule has 7 heteroatoms. The maximum Gasteiger partial charge on any atom is 0.193 e. The van der Waals surface area contributed by atoms with Crippen LogP contribution in [0, 0.1) is 5.92 Å². The Hall–Kier alpha value is -1.48. The third-order valence-corrected chi connectivity index (χ3v) is 6.11. The van der Waals surface area contributed by atoms with Crippen molar-refractivity contribution in [1.82, 2.24) is 10.2 Å². The Kier molecular flexibility index (Phi) is 10.1. The van der Waals surface area contributed by atoms with E-state index in [1.807, 2.05) is 17.4 Å². The predicted molar refractivity (Wildman–Crippen MR) is 135 cm³/mol. The van der Waals surface area contributed by atoms with Crippen LogP contribution in [0.3, 0.4) is 0 Å². The lowest BCUT2D eigenvalue weighted by Gasteiger charge is -2.22. The van der Waals surface area contributed by atoms with Gasteiger partial charge in [-0.3, -0.25) is 4.99 Å². The molecular weight excluding hydrogens is 495 g/mol. The summed E-state index contributed by atoms with van der Waals surface area (Å²) in [5.74, 6) is 2.52. The lowest BCUT2D eigenvalue weighted by atomic mass is 10.1. The summed E-state index contributed by atoms with van der Waals surface area (Å²) in [4.78, 5) is 11.1. The number of aliphatic imine (C=N–C) groups is 1. The summed E-state index contributed by atoms with van der Waals surface area (Å²) in [6, 6.07) is 12.7. The normalized spacial score (nSPS) is 16.4. The van der Waals surface area contributed by atoms with Gasteiger partial charge >= 0.3 is 0 Å². The minimum absolute atomic E-state index is 0. The highest BCUT2D eigenvalue weighted by molar-refractivity contribution is 14.0. The zero-order valence-electron chi connectivity index (χ0n) is 17.6. The average molecular weight is 529 g/mol. The third kappa shape index (κ3) is 7.06. The highest BCUT2D eigenvalue weighted by Crippen LogP contribution is 2.27. The quantitative estimate of drug-likeness (QED) is 0.315. The van der Waals surface area contributed by atoms with E-state index in [4.69, 9.17) is 9.73 Å². The first-order chi connectivity index (χ1) is 13.7. The standard InChI is InChI=1S/C22H32N4OS.HI/c1-4-23-22(25(2)12-11-21-9-6-14-28-21)24-16-18-10-13-26(17-18)19-7-5-8-20(15-19)27-3;/h5-9,14-15,18H,4,10-13,16-17H2,1-3H3,(H,23,24);1H. The van der Waals surface area contributed by atoms with Gasteiger partial charge in [0.2, 0.25) is 0 Å². The minimum Gasteiger partial charge on any atom is -0.497 e. The summed E-state index contributed by atoms with van der Waals surface area (Å²) in [6.07, 6.45) is 2.24. The number of methoxy groups -OCH3 is 1. The van der Waals surface area contributed by atoms with Crippen LogP contribution < -0.4 is 15.0 Å². The van der Waals surface area contributed by atoms with E-state index in [1.54, 1.807) is 7.11 Å². The molecule has 1 aromatic carbocycles. The maximum absolute atomic E-state index is 5.36. The molecule has 1 aromatic heterocycles. The van der Waals surface area contributed by atoms with Crippen LogP contribution in [0.15, 0.2) is 46.8 Å². The Morgan fingerprint density at radius 3 is 2.93 bits per heavy atom. The zero-order valence-corrected chi connectivity index (χ0v) is 20.8. The Balaban J connectivity index is 0.00000300. The second kappa shape index (κ2) is 12.3. The van der Waals surface area contributed by atoms with Crippen molar-refractivity contribution in [2.75, 3.05) is 51.8 Å². The van der Waals surface area contributed by atoms with E-state index < -0.39 is 0 Å². The largest absolute Gasteiger partial charge is 0.497 e. The van der Waals surface area contributed by atoms with Crippen molar-refractivity contribution in [3.8, 4) is 5.75 Å². The molecule has 3 rings (SSSR count). The third-order valence-electron chi connectivity index (χ3n) is 5.17. The summed E-state index contributed by atoms with van der Waals surface area (Å²) in [7, 11) is 3.85. The van der Waals surface area contributed by atoms with Gasteiger partial charge in [0.15, 0.2) is 5.96 Å². The maximum atomic E-state index is 5.36. The average Bonchev–Trinajstić information content (AvgIpc) is 3.41. The SMILES string of the molecule is CCNC(=NCC1CCN(c2cccc(OC)c2)C1)N(C)CCc1cccs1.I. The summed E-state index contributed by atoms with van der Waals surface area (Å²) in [5, 5.41) is 5.59. The van der Waals surface area contributed by atoms with Crippen LogP contribution in [-0.4, -0.2) is 57.7 Å². The summed E-state index contributed by atoms with van der Waals surface area (Å²) in [5.41, 5.74) is 1.24. The molecule has 1 unspecified atom stereocenters. The predicted octanol–water partition coefficient (Wildman–Crippen LogP) is 4.34. The lowest BCUT2D eigenvalue weighted by molar-refractivity contribution is 0.415. The summed E-state index contributed by atoms with van der Waals surface area (Å²) in [6.45, 7) is 7.00. The Labute approximate surface area is 196 Å². The van der Waals surface area contributed by atoms with Gasteiger partial charge in [-0.25, -0.2) is 0 Å². The topological polar surface area (TPSA) is 40.1 Å². The molecule has 160 valence electrons. The van der Waals surface area contributed by atoms with Crippen molar-refractivity contribution in [3.63, 3.8) is 0 Å². The van der Waals surface area contributed by atoms with E-state index in [0.29, 0.717) is 5.92 Å². The second-order valence-corrected chi connectivity index (χ2v) is 8.28. The molecule has 0 saturated carbocycles. The molecule has 1 fully saturated rings. The number of thiophene rings is 1. The molecule has 0 aliphatic carbocycles. The van der Waals surface area contributed by atoms with Gasteiger partial charge in [0.1, 0.15) is 5.75 Å². The second-order valence-electron chi connectivity index (χ2n) is 7.25. The van der Waals surface area contributed by atoms with Crippen molar-refractivity contribution < 1.29 is 4.74 Å². The molecule has 0 amide bonds. The number of anilines is 1. The molecule has 1 N–H and O–H groups in total. The van der Waals surface area contributed by atoms with Crippen molar-refractivity contribution in [3.05, 3.63) is 46.7 Å². The Morgan fingerprint density at radius 2 is 2.21 bits per heavy atom. The van der Waals surface area contributed by atoms with Crippen molar-refractivity contribution >= 4 is 47.0 Å². The monoisotopic (exact) mass is 528 g/mol. The van der Waals surface area contributed by atoms with Crippen LogP contribution >= 0.6 is 35.3 Å². The first kappa shape index (κ1) is 23.8. The number of guanidine groups is 1. The number of ether oxygens (including phenoxy) is 1. The van der Waals surface area contributed by atoms with E-state index >= 15 is 0 Å². The van der Waals surface area contributed by atoms with Crippen molar-refractivity contribution in [2.45, 2.75) is 19.8 Å². The Morgan fingerprint density at radius 1 is 1.34 bits per heavy atom. The number of nitrogens with zero attached hydrogens (tertiary/aromatic N) is 3. The number of halogens is 1. The van der Waals surface area contributed by atoms with Gasteiger partial charge in [-0.05, 0) is 49.3 Å². The fraction of sp³-hybridized carbons (Fsp3) is 0.500. The van der Waals surface area contributed by atoms with Crippen LogP contribution in [0.25, 0.3) is 0 Å². The molecule has 1 atom stereocenters. The Bertz CT molecular complexity index is 753. The number of hydrogen-bond donors (Lipinski definition) is 1. The van der Waals surface area contributed by atoms with Gasteiger partial charge in [-0.1, -0.05) is 12.1 Å². The van der Waals surface area contributed by atoms with E-state index in [-0.39, 0.29) is 24.0 Å². The molecule has 2 heterocycles. The van der Waals surface area contributed by atoms with E-state index in [0.717, 1.165) is 50.9 Å². The van der Waals surface area contributed by atoms with Crippen LogP contribution in [0.2, 0.25) is 0 Å². The number of benzene rings is 1. The smallest absolute Gasteiger partial charge is 0.193 e. The molecule has 1 saturated heterocycles. The molecule has 29 heavy (non-hydrogen) atoms. The number of rotatable bonds is 8. The van der Waals surface area contributed by atoms with Gasteiger partial charge in [-0.15, -0.1) is 35.3 Å². The molecule has 1 aliphatic heterocycles. The molecule has 0 radical (unpaired) electrons. The highest BCUT2D eigenvalue weighted by Gasteiger charge is 2.23. The van der Waals surface area contributed by atoms with Gasteiger partial charge in [0.25, 0.3) is 0 Å². The van der Waals surface area contributed by atoms with Crippen LogP contribution in [-0.2, 0) is 6.42 Å². The van der Waals surface area contributed by atoms with Crippen molar-refractivity contribution in [1.29, 1.82) is 0 Å². The fourth-order valence-corrected chi connectivity index (χ4v) is 4.25. The first-order valence-electron chi connectivity index (χ1n) is 10.1. The fourth-order valence-electron chi connectivity index (χ4n) is 3.55. The number of likely N-dealkylation sites (N-methyl/N-ethyl adjacent to an activating group) is 1. The van der Waals surface area contributed by atoms with Crippen LogP contribution in [0.4, 0.5) is 5.69 Å². The van der Waals surface area contributed by atoms with Crippen molar-refractivity contribution in [2.24, 2.45) is 10.9 Å². The number of hydrogen-bond acceptors (Lipinski definition) is 4. The molecule has 5 nitrogen and oxygen atoms in total. The molecule has 2 aromatic rings. The van der Waals surface area contributed by atoms with Crippen LogP contribution in [0.5, 0.6) is 5.75 Å². The number of nitrogens with one attached hydrogen (secondary N) is 1. The summed E-state index contributed by atoms with van der Waals surface area (Å²) >= 11 is 1.82. The van der Waals surface area contributed by atoms with Gasteiger partial charge in [-0.2, -0.15) is 0 Å². The molecular formula is C22H33IN4OS. The lowest BCUT2D eigenvalue weighted by Crippen LogP contribution is -2.40. The minimum atomic E-state index is 0. The van der Waals surface area contributed by atoms with E-state index in [2.05, 4.69) is 64.8 Å². The van der Waals surface area contributed by atoms with Gasteiger partial charge in [0, 0.05) is 56.4 Å². The highest BCUT2D eigenvalue weighted by atomic mass is 127. The molecule has 1 aliphatic rings. The van der Waals surface area contributed by atoms with E-state index in [9.17, 15) is 0 Å². The molecule has 0 bridgehead atoms. The molecule has 0 spiro atoms. The van der Waals surface area contributed by atoms with E-state index in [1.165, 1.54) is 17.0 Å².